The van der Waals surface area contributed by atoms with Gasteiger partial charge in [-0.15, -0.1) is 11.8 Å². The number of fused-ring (bicyclic) bond motifs is 1. The van der Waals surface area contributed by atoms with Crippen LogP contribution in [-0.2, 0) is 16.1 Å². The molecular weight excluding hydrogens is 446 g/mol. The summed E-state index contributed by atoms with van der Waals surface area (Å²) in [6.07, 6.45) is 13.4. The van der Waals surface area contributed by atoms with Crippen LogP contribution in [0.4, 0.5) is 0 Å². The summed E-state index contributed by atoms with van der Waals surface area (Å²) in [5.74, 6) is 0.816. The van der Waals surface area contributed by atoms with Gasteiger partial charge in [0.1, 0.15) is 0 Å². The average molecular weight is 486 g/mol. The fraction of sp³-hybridized carbons (Fsp3) is 0.667. The number of imide groups is 1. The number of thioether (sulfide) groups is 1. The Balaban J connectivity index is 1.12. The van der Waals surface area contributed by atoms with Crippen LogP contribution >= 0.6 is 11.8 Å². The van der Waals surface area contributed by atoms with E-state index in [1.54, 1.807) is 0 Å². The number of carbonyl (C=O) groups excluding carboxylic acids is 3. The van der Waals surface area contributed by atoms with Crippen LogP contribution in [0.1, 0.15) is 93.5 Å². The molecule has 0 radical (unpaired) electrons. The van der Waals surface area contributed by atoms with Gasteiger partial charge in [0, 0.05) is 35.5 Å². The molecule has 3 amide bonds. The van der Waals surface area contributed by atoms with Crippen LogP contribution in [0.5, 0.6) is 0 Å². The summed E-state index contributed by atoms with van der Waals surface area (Å²) in [5, 5.41) is 5.91. The highest BCUT2D eigenvalue weighted by Gasteiger charge is 2.47. The van der Waals surface area contributed by atoms with E-state index in [0.29, 0.717) is 19.4 Å². The van der Waals surface area contributed by atoms with Crippen molar-refractivity contribution < 1.29 is 14.4 Å². The van der Waals surface area contributed by atoms with Gasteiger partial charge < -0.3 is 10.2 Å². The standard InChI is InChI=1S/C27H39N3O3S/c1-20(10-11-25(32)29-19-31)30-18-23-22(26(30)33)8-6-9-24(23)34-15-5-3-2-4-14-28-21-16-27(17-21)12-7-13-27/h6,8-9,19-21,28H,2-5,7,10-18H2,1H3,(H,29,31,32). The minimum atomic E-state index is -0.303. The molecule has 2 fully saturated rings. The number of benzene rings is 1. The van der Waals surface area contributed by atoms with Crippen LogP contribution in [0.3, 0.4) is 0 Å². The Kier molecular flexibility index (Phi) is 8.70. The first-order valence-electron chi connectivity index (χ1n) is 13.0. The largest absolute Gasteiger partial charge is 0.332 e. The van der Waals surface area contributed by atoms with Gasteiger partial charge in [-0.25, -0.2) is 0 Å². The Morgan fingerprint density at radius 2 is 2.03 bits per heavy atom. The van der Waals surface area contributed by atoms with Gasteiger partial charge >= 0.3 is 0 Å². The number of nitrogens with one attached hydrogen (secondary N) is 2. The number of hydrogen-bond donors (Lipinski definition) is 2. The number of rotatable bonds is 14. The highest BCUT2D eigenvalue weighted by Crippen LogP contribution is 2.55. The predicted octanol–water partition coefficient (Wildman–Crippen LogP) is 4.66. The third kappa shape index (κ3) is 6.03. The van der Waals surface area contributed by atoms with E-state index in [0.717, 1.165) is 34.9 Å². The molecule has 6 nitrogen and oxygen atoms in total. The van der Waals surface area contributed by atoms with Crippen LogP contribution in [-0.4, -0.2) is 47.5 Å². The molecule has 1 aliphatic heterocycles. The van der Waals surface area contributed by atoms with E-state index in [1.807, 2.05) is 35.7 Å². The molecule has 0 saturated heterocycles. The number of carbonyl (C=O) groups is 3. The molecule has 7 heteroatoms. The van der Waals surface area contributed by atoms with Gasteiger partial charge in [-0.2, -0.15) is 0 Å². The normalized spacial score (nSPS) is 19.4. The zero-order chi connectivity index (χ0) is 24.0. The number of hydrogen-bond acceptors (Lipinski definition) is 5. The Hall–Kier alpha value is -1.86. The number of amides is 3. The van der Waals surface area contributed by atoms with Gasteiger partial charge in [-0.3, -0.25) is 19.7 Å². The van der Waals surface area contributed by atoms with Gasteiger partial charge in [0.15, 0.2) is 0 Å². The van der Waals surface area contributed by atoms with Crippen LogP contribution in [0, 0.1) is 5.41 Å². The molecule has 1 atom stereocenters. The maximum Gasteiger partial charge on any atom is 0.254 e. The summed E-state index contributed by atoms with van der Waals surface area (Å²) in [7, 11) is 0. The Labute approximate surface area is 208 Å². The maximum absolute atomic E-state index is 12.9. The Morgan fingerprint density at radius 3 is 2.76 bits per heavy atom. The third-order valence-electron chi connectivity index (χ3n) is 8.03. The van der Waals surface area contributed by atoms with E-state index in [1.165, 1.54) is 62.7 Å². The van der Waals surface area contributed by atoms with E-state index in [4.69, 9.17) is 0 Å². The van der Waals surface area contributed by atoms with Crippen molar-refractivity contribution >= 4 is 30.0 Å². The minimum absolute atomic E-state index is 0.0444. The fourth-order valence-corrected chi connectivity index (χ4v) is 6.83. The Morgan fingerprint density at radius 1 is 1.24 bits per heavy atom. The summed E-state index contributed by atoms with van der Waals surface area (Å²) in [6, 6.07) is 6.75. The molecule has 2 saturated carbocycles. The molecule has 34 heavy (non-hydrogen) atoms. The van der Waals surface area contributed by atoms with E-state index in [2.05, 4.69) is 16.7 Å². The van der Waals surface area contributed by atoms with Crippen molar-refractivity contribution in [3.63, 3.8) is 0 Å². The minimum Gasteiger partial charge on any atom is -0.332 e. The lowest BCUT2D eigenvalue weighted by Gasteiger charge is -2.54. The molecule has 2 aliphatic carbocycles. The molecule has 1 aromatic carbocycles. The van der Waals surface area contributed by atoms with Crippen LogP contribution < -0.4 is 10.6 Å². The lowest BCUT2D eigenvalue weighted by molar-refractivity contribution is -0.125. The van der Waals surface area contributed by atoms with Gasteiger partial charge in [0.25, 0.3) is 5.91 Å². The average Bonchev–Trinajstić information content (AvgIpc) is 3.11. The highest BCUT2D eigenvalue weighted by molar-refractivity contribution is 7.99. The molecule has 1 unspecified atom stereocenters. The van der Waals surface area contributed by atoms with E-state index in [-0.39, 0.29) is 24.3 Å². The smallest absolute Gasteiger partial charge is 0.254 e. The molecule has 1 heterocycles. The molecule has 2 N–H and O–H groups in total. The summed E-state index contributed by atoms with van der Waals surface area (Å²) < 4.78 is 0. The molecule has 1 aromatic rings. The molecule has 3 aliphatic rings. The van der Waals surface area contributed by atoms with Crippen molar-refractivity contribution in [3.05, 3.63) is 29.3 Å². The SMILES string of the molecule is CC(CCC(=O)NC=O)N1Cc2c(SCCCCCCNC3CC4(CCC4)C3)cccc2C1=O. The molecule has 186 valence electrons. The van der Waals surface area contributed by atoms with Gasteiger partial charge in [0.2, 0.25) is 12.3 Å². The highest BCUT2D eigenvalue weighted by atomic mass is 32.2. The molecular formula is C27H39N3O3S. The second kappa shape index (κ2) is 11.7. The van der Waals surface area contributed by atoms with Crippen LogP contribution in [0.2, 0.25) is 0 Å². The van der Waals surface area contributed by atoms with Gasteiger partial charge in [0.05, 0.1) is 0 Å². The lowest BCUT2D eigenvalue weighted by atomic mass is 9.54. The first-order chi connectivity index (χ1) is 16.5. The van der Waals surface area contributed by atoms with E-state index >= 15 is 0 Å². The fourth-order valence-electron chi connectivity index (χ4n) is 5.73. The Bertz CT molecular complexity index is 878. The van der Waals surface area contributed by atoms with Crippen LogP contribution in [0.25, 0.3) is 0 Å². The summed E-state index contributed by atoms with van der Waals surface area (Å²) >= 11 is 1.86. The predicted molar refractivity (Wildman–Crippen MR) is 136 cm³/mol. The second-order valence-corrected chi connectivity index (χ2v) is 11.6. The lowest BCUT2D eigenvalue weighted by Crippen LogP contribution is -2.52. The summed E-state index contributed by atoms with van der Waals surface area (Å²) in [4.78, 5) is 37.9. The van der Waals surface area contributed by atoms with Crippen LogP contribution in [0.15, 0.2) is 23.1 Å². The van der Waals surface area contributed by atoms with Crippen molar-refractivity contribution in [2.45, 2.75) is 101 Å². The van der Waals surface area contributed by atoms with E-state index < -0.39 is 0 Å². The summed E-state index contributed by atoms with van der Waals surface area (Å²) in [5.41, 5.74) is 2.68. The van der Waals surface area contributed by atoms with Crippen molar-refractivity contribution in [2.75, 3.05) is 12.3 Å². The second-order valence-electron chi connectivity index (χ2n) is 10.5. The molecule has 0 aromatic heterocycles. The van der Waals surface area contributed by atoms with Crippen molar-refractivity contribution in [1.29, 1.82) is 0 Å². The number of nitrogens with zero attached hydrogens (tertiary/aromatic N) is 1. The zero-order valence-electron chi connectivity index (χ0n) is 20.4. The van der Waals surface area contributed by atoms with Gasteiger partial charge in [-0.05, 0) is 87.3 Å². The summed E-state index contributed by atoms with van der Waals surface area (Å²) in [6.45, 7) is 3.73. The quantitative estimate of drug-likeness (QED) is 0.228. The third-order valence-corrected chi connectivity index (χ3v) is 9.21. The van der Waals surface area contributed by atoms with Crippen molar-refractivity contribution in [1.82, 2.24) is 15.5 Å². The molecule has 1 spiro atoms. The van der Waals surface area contributed by atoms with Crippen molar-refractivity contribution in [2.24, 2.45) is 5.41 Å². The molecule has 4 rings (SSSR count). The molecule has 0 bridgehead atoms. The van der Waals surface area contributed by atoms with Gasteiger partial charge in [-0.1, -0.05) is 25.3 Å². The monoisotopic (exact) mass is 485 g/mol. The zero-order valence-corrected chi connectivity index (χ0v) is 21.3. The first kappa shape index (κ1) is 25.2. The first-order valence-corrected chi connectivity index (χ1v) is 14.0. The topological polar surface area (TPSA) is 78.5 Å². The van der Waals surface area contributed by atoms with E-state index in [9.17, 15) is 14.4 Å². The maximum atomic E-state index is 12.9. The van der Waals surface area contributed by atoms with Crippen molar-refractivity contribution in [3.8, 4) is 0 Å². The number of unbranched alkanes of at least 4 members (excludes halogenated alkanes) is 3.